The van der Waals surface area contributed by atoms with Gasteiger partial charge >= 0.3 is 5.97 Å². The molecule has 0 aromatic carbocycles. The third-order valence-electron chi connectivity index (χ3n) is 2.28. The first kappa shape index (κ1) is 14.1. The Labute approximate surface area is 106 Å². The fourth-order valence-corrected chi connectivity index (χ4v) is 2.57. The van der Waals surface area contributed by atoms with Gasteiger partial charge in [0.1, 0.15) is 9.88 Å². The summed E-state index contributed by atoms with van der Waals surface area (Å²) in [6.07, 6.45) is 0. The van der Waals surface area contributed by atoms with E-state index in [0.717, 1.165) is 17.2 Å². The second kappa shape index (κ2) is 5.60. The summed E-state index contributed by atoms with van der Waals surface area (Å²) in [6, 6.07) is 0. The number of esters is 1. The number of rotatable bonds is 4. The highest BCUT2D eigenvalue weighted by atomic mass is 32.1. The zero-order valence-electron chi connectivity index (χ0n) is 11.1. The first-order chi connectivity index (χ1) is 7.90. The average Bonchev–Trinajstić information content (AvgIpc) is 2.69. The molecule has 0 saturated carbocycles. The summed E-state index contributed by atoms with van der Waals surface area (Å²) >= 11 is 1.41. The number of aromatic nitrogens is 1. The summed E-state index contributed by atoms with van der Waals surface area (Å²) in [6.45, 7) is 9.77. The Morgan fingerprint density at radius 3 is 2.59 bits per heavy atom. The van der Waals surface area contributed by atoms with Crippen molar-refractivity contribution in [2.75, 3.05) is 13.7 Å². The number of hydrogen-bond acceptors (Lipinski definition) is 5. The molecule has 0 amide bonds. The molecule has 96 valence electrons. The van der Waals surface area contributed by atoms with E-state index in [9.17, 15) is 4.79 Å². The predicted molar refractivity (Wildman–Crippen MR) is 69.5 cm³/mol. The Morgan fingerprint density at radius 1 is 1.47 bits per heavy atom. The second-order valence-corrected chi connectivity index (χ2v) is 5.89. The van der Waals surface area contributed by atoms with Crippen LogP contribution in [0.25, 0.3) is 0 Å². The molecule has 5 heteroatoms. The maximum Gasteiger partial charge on any atom is 0.350 e. The van der Waals surface area contributed by atoms with Crippen molar-refractivity contribution in [1.82, 2.24) is 10.3 Å². The summed E-state index contributed by atoms with van der Waals surface area (Å²) in [5, 5.41) is 4.14. The van der Waals surface area contributed by atoms with Crippen LogP contribution in [-0.4, -0.2) is 24.6 Å². The van der Waals surface area contributed by atoms with Gasteiger partial charge < -0.3 is 10.1 Å². The largest absolute Gasteiger partial charge is 0.465 e. The van der Waals surface area contributed by atoms with Gasteiger partial charge in [0.15, 0.2) is 0 Å². The molecule has 0 spiro atoms. The standard InChI is InChI=1S/C12H20N2O2S/c1-6-13-7-8-14-10(12(2,3)4)9(17-8)11(15)16-5/h13H,6-7H2,1-5H3. The van der Waals surface area contributed by atoms with Crippen LogP contribution in [0.5, 0.6) is 0 Å². The van der Waals surface area contributed by atoms with E-state index in [-0.39, 0.29) is 11.4 Å². The van der Waals surface area contributed by atoms with Gasteiger partial charge in [-0.3, -0.25) is 0 Å². The molecule has 4 nitrogen and oxygen atoms in total. The molecule has 1 aromatic rings. The van der Waals surface area contributed by atoms with E-state index >= 15 is 0 Å². The molecule has 1 heterocycles. The van der Waals surface area contributed by atoms with E-state index < -0.39 is 0 Å². The SMILES string of the molecule is CCNCc1nc(C(C)(C)C)c(C(=O)OC)s1. The number of methoxy groups -OCH3 is 1. The Kier molecular flexibility index (Phi) is 4.65. The molecule has 1 rings (SSSR count). The molecule has 0 atom stereocenters. The van der Waals surface area contributed by atoms with Crippen molar-refractivity contribution >= 4 is 17.3 Å². The highest BCUT2D eigenvalue weighted by Gasteiger charge is 2.27. The van der Waals surface area contributed by atoms with Crippen LogP contribution >= 0.6 is 11.3 Å². The van der Waals surface area contributed by atoms with Gasteiger partial charge in [0.2, 0.25) is 0 Å². The first-order valence-corrected chi connectivity index (χ1v) is 6.51. The lowest BCUT2D eigenvalue weighted by Gasteiger charge is -2.16. The quantitative estimate of drug-likeness (QED) is 0.840. The Bertz CT molecular complexity index is 394. The summed E-state index contributed by atoms with van der Waals surface area (Å²) < 4.78 is 4.80. The third kappa shape index (κ3) is 3.51. The van der Waals surface area contributed by atoms with Gasteiger partial charge in [-0.05, 0) is 6.54 Å². The molecular weight excluding hydrogens is 236 g/mol. The minimum absolute atomic E-state index is 0.148. The lowest BCUT2D eigenvalue weighted by molar-refractivity contribution is 0.0603. The molecule has 1 aromatic heterocycles. The van der Waals surface area contributed by atoms with Gasteiger partial charge in [-0.1, -0.05) is 27.7 Å². The number of nitrogens with zero attached hydrogens (tertiary/aromatic N) is 1. The summed E-state index contributed by atoms with van der Waals surface area (Å²) in [5.74, 6) is -0.296. The number of ether oxygens (including phenoxy) is 1. The number of carbonyl (C=O) groups is 1. The number of thiazole rings is 1. The van der Waals surface area contributed by atoms with E-state index in [1.165, 1.54) is 18.4 Å². The Morgan fingerprint density at radius 2 is 2.12 bits per heavy atom. The molecule has 0 aliphatic rings. The van der Waals surface area contributed by atoms with Crippen LogP contribution in [0.15, 0.2) is 0 Å². The van der Waals surface area contributed by atoms with Gasteiger partial charge in [0.05, 0.1) is 12.8 Å². The van der Waals surface area contributed by atoms with Crippen molar-refractivity contribution in [3.63, 3.8) is 0 Å². The third-order valence-corrected chi connectivity index (χ3v) is 3.31. The van der Waals surface area contributed by atoms with E-state index in [1.54, 1.807) is 0 Å². The van der Waals surface area contributed by atoms with Crippen molar-refractivity contribution in [3.05, 3.63) is 15.6 Å². The van der Waals surface area contributed by atoms with Crippen LogP contribution in [0, 0.1) is 0 Å². The van der Waals surface area contributed by atoms with Crippen molar-refractivity contribution in [3.8, 4) is 0 Å². The monoisotopic (exact) mass is 256 g/mol. The van der Waals surface area contributed by atoms with Crippen molar-refractivity contribution in [2.45, 2.75) is 39.7 Å². The van der Waals surface area contributed by atoms with E-state index in [2.05, 4.69) is 10.3 Å². The van der Waals surface area contributed by atoms with Gasteiger partial charge in [-0.2, -0.15) is 0 Å². The van der Waals surface area contributed by atoms with Crippen LogP contribution in [-0.2, 0) is 16.7 Å². The molecule has 0 radical (unpaired) electrons. The van der Waals surface area contributed by atoms with E-state index in [0.29, 0.717) is 11.4 Å². The van der Waals surface area contributed by atoms with Crippen LogP contribution in [0.1, 0.15) is 48.1 Å². The van der Waals surface area contributed by atoms with Crippen LogP contribution in [0.4, 0.5) is 0 Å². The number of carbonyl (C=O) groups excluding carboxylic acids is 1. The summed E-state index contributed by atoms with van der Waals surface area (Å²) in [4.78, 5) is 16.9. The van der Waals surface area contributed by atoms with Gasteiger partial charge in [0, 0.05) is 12.0 Å². The predicted octanol–water partition coefficient (Wildman–Crippen LogP) is 2.34. The van der Waals surface area contributed by atoms with Gasteiger partial charge in [-0.25, -0.2) is 9.78 Å². The highest BCUT2D eigenvalue weighted by molar-refractivity contribution is 7.13. The first-order valence-electron chi connectivity index (χ1n) is 5.69. The van der Waals surface area contributed by atoms with Crippen molar-refractivity contribution in [1.29, 1.82) is 0 Å². The molecule has 0 aliphatic heterocycles. The van der Waals surface area contributed by atoms with Crippen LogP contribution in [0.2, 0.25) is 0 Å². The Balaban J connectivity index is 3.08. The fourth-order valence-electron chi connectivity index (χ4n) is 1.41. The summed E-state index contributed by atoms with van der Waals surface area (Å²) in [7, 11) is 1.40. The Hall–Kier alpha value is -0.940. The lowest BCUT2D eigenvalue weighted by Crippen LogP contribution is -2.17. The number of hydrogen-bond donors (Lipinski definition) is 1. The maximum atomic E-state index is 11.7. The zero-order valence-corrected chi connectivity index (χ0v) is 11.9. The smallest absolute Gasteiger partial charge is 0.350 e. The summed E-state index contributed by atoms with van der Waals surface area (Å²) in [5.41, 5.74) is 0.673. The maximum absolute atomic E-state index is 11.7. The number of nitrogens with one attached hydrogen (secondary N) is 1. The van der Waals surface area contributed by atoms with Crippen molar-refractivity contribution in [2.24, 2.45) is 0 Å². The molecule has 17 heavy (non-hydrogen) atoms. The molecule has 0 bridgehead atoms. The van der Waals surface area contributed by atoms with Crippen molar-refractivity contribution < 1.29 is 9.53 Å². The van der Waals surface area contributed by atoms with Gasteiger partial charge in [0.25, 0.3) is 0 Å². The topological polar surface area (TPSA) is 51.2 Å². The van der Waals surface area contributed by atoms with Crippen LogP contribution < -0.4 is 5.32 Å². The minimum atomic E-state index is -0.296. The average molecular weight is 256 g/mol. The minimum Gasteiger partial charge on any atom is -0.465 e. The van der Waals surface area contributed by atoms with Gasteiger partial charge in [-0.15, -0.1) is 11.3 Å². The van der Waals surface area contributed by atoms with E-state index in [1.807, 2.05) is 27.7 Å². The zero-order chi connectivity index (χ0) is 13.1. The lowest BCUT2D eigenvalue weighted by atomic mass is 9.91. The highest BCUT2D eigenvalue weighted by Crippen LogP contribution is 2.30. The molecule has 0 saturated heterocycles. The van der Waals surface area contributed by atoms with Crippen LogP contribution in [0.3, 0.4) is 0 Å². The fraction of sp³-hybridized carbons (Fsp3) is 0.667. The molecule has 1 N–H and O–H groups in total. The normalized spacial score (nSPS) is 11.6. The molecular formula is C12H20N2O2S. The molecule has 0 unspecified atom stereocenters. The van der Waals surface area contributed by atoms with E-state index in [4.69, 9.17) is 4.74 Å². The molecule has 0 fully saturated rings. The second-order valence-electron chi connectivity index (χ2n) is 4.81. The molecule has 0 aliphatic carbocycles.